The van der Waals surface area contributed by atoms with Crippen LogP contribution in [0.2, 0.25) is 0 Å². The van der Waals surface area contributed by atoms with E-state index < -0.39 is 5.41 Å². The number of para-hydroxylation sites is 1. The summed E-state index contributed by atoms with van der Waals surface area (Å²) in [7, 11) is 1.90. The maximum absolute atomic E-state index is 13.5. The zero-order valence-electron chi connectivity index (χ0n) is 15.6. The molecule has 5 heteroatoms. The lowest BCUT2D eigenvalue weighted by Gasteiger charge is -2.52. The van der Waals surface area contributed by atoms with Gasteiger partial charge in [-0.2, -0.15) is 0 Å². The van der Waals surface area contributed by atoms with E-state index in [1.165, 1.54) is 5.56 Å². The summed E-state index contributed by atoms with van der Waals surface area (Å²) in [4.78, 5) is 29.7. The van der Waals surface area contributed by atoms with Crippen LogP contribution in [0.5, 0.6) is 0 Å². The topological polar surface area (TPSA) is 49.9 Å². The van der Waals surface area contributed by atoms with Crippen LogP contribution in [-0.4, -0.2) is 48.6 Å². The van der Waals surface area contributed by atoms with E-state index in [-0.39, 0.29) is 24.0 Å². The van der Waals surface area contributed by atoms with Gasteiger partial charge in [0.1, 0.15) is 12.0 Å². The van der Waals surface area contributed by atoms with Gasteiger partial charge in [-0.15, -0.1) is 0 Å². The van der Waals surface area contributed by atoms with Gasteiger partial charge in [0.15, 0.2) is 0 Å². The fourth-order valence-corrected chi connectivity index (χ4v) is 6.43. The van der Waals surface area contributed by atoms with Gasteiger partial charge in [-0.3, -0.25) is 9.69 Å². The Labute approximate surface area is 154 Å². The molecule has 0 radical (unpaired) electrons. The molecule has 1 amide bonds. The Morgan fingerprint density at radius 2 is 2.12 bits per heavy atom. The van der Waals surface area contributed by atoms with Gasteiger partial charge in [0.2, 0.25) is 5.91 Å². The number of ketones is 1. The van der Waals surface area contributed by atoms with E-state index in [0.29, 0.717) is 30.9 Å². The van der Waals surface area contributed by atoms with Crippen molar-refractivity contribution in [3.05, 3.63) is 29.8 Å². The van der Waals surface area contributed by atoms with E-state index >= 15 is 0 Å². The molecule has 7 atom stereocenters. The van der Waals surface area contributed by atoms with Gasteiger partial charge >= 0.3 is 0 Å². The van der Waals surface area contributed by atoms with Crippen molar-refractivity contribution in [2.45, 2.75) is 56.8 Å². The van der Waals surface area contributed by atoms with Crippen LogP contribution in [0.15, 0.2) is 24.3 Å². The summed E-state index contributed by atoms with van der Waals surface area (Å²) in [5, 5.41) is 0. The van der Waals surface area contributed by atoms with Crippen molar-refractivity contribution in [2.75, 3.05) is 18.6 Å². The van der Waals surface area contributed by atoms with Crippen molar-refractivity contribution in [1.82, 2.24) is 4.90 Å². The molecule has 1 spiro atoms. The molecule has 0 N–H and O–H groups in total. The van der Waals surface area contributed by atoms with Gasteiger partial charge in [-0.25, -0.2) is 0 Å². The Morgan fingerprint density at radius 1 is 1.35 bits per heavy atom. The van der Waals surface area contributed by atoms with Crippen molar-refractivity contribution in [2.24, 2.45) is 11.8 Å². The number of ether oxygens (including phenoxy) is 1. The zero-order chi connectivity index (χ0) is 18.2. The number of piperidine rings is 1. The first kappa shape index (κ1) is 16.5. The SMILES string of the molecule is CC(=O)C[C@@H]1C[C@@H]2N3[C@@H](C)OC[C@H]1[C@@H]3C[C@@]21C(=O)N(C)c2ccccc21. The van der Waals surface area contributed by atoms with E-state index in [2.05, 4.69) is 24.0 Å². The largest absolute Gasteiger partial charge is 0.363 e. The summed E-state index contributed by atoms with van der Waals surface area (Å²) in [6.45, 7) is 4.49. The first-order chi connectivity index (χ1) is 12.4. The molecule has 4 bridgehead atoms. The summed E-state index contributed by atoms with van der Waals surface area (Å²) in [5.74, 6) is 1.12. The summed E-state index contributed by atoms with van der Waals surface area (Å²) in [5.41, 5.74) is 1.72. The lowest BCUT2D eigenvalue weighted by molar-refractivity contribution is -0.179. The van der Waals surface area contributed by atoms with E-state index in [1.807, 2.05) is 24.1 Å². The third-order valence-corrected chi connectivity index (χ3v) is 7.40. The van der Waals surface area contributed by atoms with Gasteiger partial charge in [0, 0.05) is 37.2 Å². The second-order valence-electron chi connectivity index (χ2n) is 8.59. The molecule has 0 saturated carbocycles. The standard InChI is InChI=1S/C21H26N2O3/c1-12(24)8-14-9-19-21(10-18-15(14)11-26-13(2)23(18)19)16-6-4-5-7-17(16)22(3)20(21)25/h4-7,13-15,18-19H,8-11H2,1-3H3/t13-,14-,15-,18+,19+,21+/m1/s1. The van der Waals surface area contributed by atoms with Gasteiger partial charge in [-0.05, 0) is 44.2 Å². The van der Waals surface area contributed by atoms with Crippen LogP contribution in [0.1, 0.15) is 38.7 Å². The Morgan fingerprint density at radius 3 is 2.88 bits per heavy atom. The molecule has 0 aromatic heterocycles. The van der Waals surface area contributed by atoms with Gasteiger partial charge < -0.3 is 14.4 Å². The second-order valence-corrected chi connectivity index (χ2v) is 8.59. The lowest BCUT2D eigenvalue weighted by Crippen LogP contribution is -2.61. The highest BCUT2D eigenvalue weighted by Gasteiger charge is 2.68. The molecule has 5 rings (SSSR count). The van der Waals surface area contributed by atoms with Crippen molar-refractivity contribution in [3.8, 4) is 0 Å². The number of amides is 1. The monoisotopic (exact) mass is 354 g/mol. The number of rotatable bonds is 2. The maximum atomic E-state index is 13.5. The molecule has 4 aliphatic heterocycles. The fourth-order valence-electron chi connectivity index (χ4n) is 6.43. The number of fused-ring (bicyclic) bond motifs is 3. The van der Waals surface area contributed by atoms with Gasteiger partial charge in [0.05, 0.1) is 12.0 Å². The molecular weight excluding hydrogens is 328 g/mol. The molecule has 3 fully saturated rings. The smallest absolute Gasteiger partial charge is 0.239 e. The highest BCUT2D eigenvalue weighted by Crippen LogP contribution is 2.60. The minimum Gasteiger partial charge on any atom is -0.363 e. The van der Waals surface area contributed by atoms with E-state index in [1.54, 1.807) is 6.92 Å². The highest BCUT2D eigenvalue weighted by molar-refractivity contribution is 6.08. The minimum atomic E-state index is -0.484. The first-order valence-corrected chi connectivity index (χ1v) is 9.71. The van der Waals surface area contributed by atoms with Crippen LogP contribution < -0.4 is 4.90 Å². The fraction of sp³-hybridized carbons (Fsp3) is 0.619. The normalized spacial score (nSPS) is 43.0. The predicted octanol–water partition coefficient (Wildman–Crippen LogP) is 2.34. The minimum absolute atomic E-state index is 0.0322. The molecule has 5 nitrogen and oxygen atoms in total. The summed E-state index contributed by atoms with van der Waals surface area (Å²) in [6.07, 6.45) is 2.39. The lowest BCUT2D eigenvalue weighted by atomic mass is 9.72. The zero-order valence-corrected chi connectivity index (χ0v) is 15.6. The molecule has 0 aliphatic carbocycles. The van der Waals surface area contributed by atoms with E-state index in [0.717, 1.165) is 18.5 Å². The number of nitrogens with zero attached hydrogens (tertiary/aromatic N) is 2. The van der Waals surface area contributed by atoms with Crippen molar-refractivity contribution >= 4 is 17.4 Å². The number of Topliss-reactive ketones (excluding diaryl/α,β-unsaturated/α-hetero) is 1. The Bertz CT molecular complexity index is 793. The molecule has 1 aromatic carbocycles. The summed E-state index contributed by atoms with van der Waals surface area (Å²) in [6, 6.07) is 8.68. The summed E-state index contributed by atoms with van der Waals surface area (Å²) >= 11 is 0. The Kier molecular flexibility index (Phi) is 3.41. The van der Waals surface area contributed by atoms with E-state index in [9.17, 15) is 9.59 Å². The van der Waals surface area contributed by atoms with Gasteiger partial charge in [0.25, 0.3) is 0 Å². The Hall–Kier alpha value is -1.72. The van der Waals surface area contributed by atoms with Crippen molar-refractivity contribution in [1.29, 1.82) is 0 Å². The van der Waals surface area contributed by atoms with Crippen LogP contribution in [0.4, 0.5) is 5.69 Å². The van der Waals surface area contributed by atoms with Crippen molar-refractivity contribution in [3.63, 3.8) is 0 Å². The molecule has 4 aliphatic rings. The van der Waals surface area contributed by atoms with Crippen molar-refractivity contribution < 1.29 is 14.3 Å². The number of likely N-dealkylation sites (N-methyl/N-ethyl adjacent to an activating group) is 1. The molecule has 3 saturated heterocycles. The van der Waals surface area contributed by atoms with Gasteiger partial charge in [-0.1, -0.05) is 18.2 Å². The third-order valence-electron chi connectivity index (χ3n) is 7.40. The number of benzene rings is 1. The molecular formula is C21H26N2O3. The predicted molar refractivity (Wildman–Crippen MR) is 97.9 cm³/mol. The second kappa shape index (κ2) is 5.40. The highest BCUT2D eigenvalue weighted by atomic mass is 16.5. The Balaban J connectivity index is 1.65. The van der Waals surface area contributed by atoms with Crippen LogP contribution in [0.3, 0.4) is 0 Å². The van der Waals surface area contributed by atoms with E-state index in [4.69, 9.17) is 4.74 Å². The average Bonchev–Trinajstić information content (AvgIpc) is 3.00. The first-order valence-electron chi connectivity index (χ1n) is 9.71. The average molecular weight is 354 g/mol. The third kappa shape index (κ3) is 1.88. The number of anilines is 1. The van der Waals surface area contributed by atoms with Crippen LogP contribution >= 0.6 is 0 Å². The van der Waals surface area contributed by atoms with Crippen LogP contribution in [0, 0.1) is 11.8 Å². The van der Waals surface area contributed by atoms with Crippen LogP contribution in [0.25, 0.3) is 0 Å². The molecule has 4 heterocycles. The number of hydrogen-bond acceptors (Lipinski definition) is 4. The summed E-state index contributed by atoms with van der Waals surface area (Å²) < 4.78 is 6.08. The van der Waals surface area contributed by atoms with Crippen LogP contribution in [-0.2, 0) is 19.7 Å². The molecule has 138 valence electrons. The molecule has 1 aromatic rings. The number of hydrogen-bond donors (Lipinski definition) is 0. The molecule has 1 unspecified atom stereocenters. The maximum Gasteiger partial charge on any atom is 0.239 e. The number of carbonyl (C=O) groups is 2. The number of carbonyl (C=O) groups excluding carboxylic acids is 2. The molecule has 26 heavy (non-hydrogen) atoms. The quantitative estimate of drug-likeness (QED) is 0.818.